The molecule has 1 aliphatic heterocycles. The Bertz CT molecular complexity index is 702. The van der Waals surface area contributed by atoms with E-state index in [9.17, 15) is 0 Å². The van der Waals surface area contributed by atoms with Crippen molar-refractivity contribution in [2.24, 2.45) is 23.7 Å². The van der Waals surface area contributed by atoms with Crippen LogP contribution in [0.3, 0.4) is 0 Å². The summed E-state index contributed by atoms with van der Waals surface area (Å²) in [5, 5.41) is 8.90. The molecular weight excluding hydrogens is 500 g/mol. The van der Waals surface area contributed by atoms with Gasteiger partial charge in [0.25, 0.3) is 0 Å². The van der Waals surface area contributed by atoms with Crippen molar-refractivity contribution in [2.75, 3.05) is 33.0 Å². The zero-order valence-electron chi connectivity index (χ0n) is 25.5. The lowest BCUT2D eigenvalue weighted by atomic mass is 9.67. The van der Waals surface area contributed by atoms with E-state index in [0.717, 1.165) is 70.4 Å². The van der Waals surface area contributed by atoms with Gasteiger partial charge in [0, 0.05) is 44.9 Å². The molecule has 1 heterocycles. The van der Waals surface area contributed by atoms with Gasteiger partial charge in [0.15, 0.2) is 6.29 Å². The predicted molar refractivity (Wildman–Crippen MR) is 161 cm³/mol. The molecule has 5 atom stereocenters. The molecule has 0 aromatic rings. The number of hydrogen-bond acceptors (Lipinski definition) is 5. The van der Waals surface area contributed by atoms with Crippen LogP contribution in [0.4, 0.5) is 0 Å². The van der Waals surface area contributed by atoms with Crippen LogP contribution >= 0.6 is 0 Å². The molecule has 0 aromatic heterocycles. The van der Waals surface area contributed by atoms with E-state index < -0.39 is 0 Å². The van der Waals surface area contributed by atoms with E-state index in [2.05, 4.69) is 11.8 Å². The van der Waals surface area contributed by atoms with E-state index in [1.54, 1.807) is 0 Å². The molecule has 5 heteroatoms. The Labute approximate surface area is 245 Å². The summed E-state index contributed by atoms with van der Waals surface area (Å²) in [6.07, 6.45) is 26.3. The van der Waals surface area contributed by atoms with E-state index in [1.807, 2.05) is 0 Å². The summed E-state index contributed by atoms with van der Waals surface area (Å²) in [4.78, 5) is 0. The van der Waals surface area contributed by atoms with Gasteiger partial charge in [-0.2, -0.15) is 0 Å². The van der Waals surface area contributed by atoms with Crippen LogP contribution in [0.2, 0.25) is 0 Å². The Hall–Kier alpha value is -0.640. The number of hydrogen-bond donors (Lipinski definition) is 1. The largest absolute Gasteiger partial charge is 0.396 e. The van der Waals surface area contributed by atoms with Gasteiger partial charge in [-0.25, -0.2) is 0 Å². The van der Waals surface area contributed by atoms with Crippen LogP contribution in [-0.4, -0.2) is 56.6 Å². The monoisotopic (exact) mass is 560 g/mol. The molecular formula is C35H60O5. The maximum atomic E-state index is 8.90. The predicted octanol–water partition coefficient (Wildman–Crippen LogP) is 7.82. The van der Waals surface area contributed by atoms with Crippen LogP contribution in [0.15, 0.2) is 0 Å². The van der Waals surface area contributed by atoms with Gasteiger partial charge in [0.1, 0.15) is 0 Å². The topological polar surface area (TPSA) is 57.2 Å². The highest BCUT2D eigenvalue weighted by molar-refractivity contribution is 5.10. The molecule has 0 aromatic carbocycles. The fraction of sp³-hybridized carbons (Fsp3) is 0.943. The summed E-state index contributed by atoms with van der Waals surface area (Å²) >= 11 is 0. The summed E-state index contributed by atoms with van der Waals surface area (Å²) in [6.45, 7) is 3.84. The van der Waals surface area contributed by atoms with Crippen molar-refractivity contribution >= 4 is 0 Å². The molecule has 40 heavy (non-hydrogen) atoms. The minimum atomic E-state index is 0.0571. The average Bonchev–Trinajstić information content (AvgIpc) is 3.00. The maximum Gasteiger partial charge on any atom is 0.157 e. The molecule has 0 bridgehead atoms. The minimum absolute atomic E-state index is 0.0571. The summed E-state index contributed by atoms with van der Waals surface area (Å²) in [5.74, 6) is 10.4. The van der Waals surface area contributed by atoms with Crippen LogP contribution in [0.25, 0.3) is 0 Å². The molecule has 5 nitrogen and oxygen atoms in total. The molecule has 4 fully saturated rings. The molecule has 1 N–H and O–H groups in total. The van der Waals surface area contributed by atoms with E-state index in [-0.39, 0.29) is 6.29 Å². The minimum Gasteiger partial charge on any atom is -0.396 e. The first-order valence-electron chi connectivity index (χ1n) is 17.4. The van der Waals surface area contributed by atoms with E-state index in [4.69, 9.17) is 24.1 Å². The standard InChI is InChI=1S/C35H60O5/c36-22-6-1-2-7-24-38-34-21-18-31-27-30(14-17-32(31)28-34)13-12-29-15-19-33(20-16-29)37-23-8-3-4-9-25-39-35-11-5-10-26-40-35/h29-36H,1-11,14-28H2. The smallest absolute Gasteiger partial charge is 0.157 e. The zero-order valence-corrected chi connectivity index (χ0v) is 25.5. The summed E-state index contributed by atoms with van der Waals surface area (Å²) < 4.78 is 23.9. The summed E-state index contributed by atoms with van der Waals surface area (Å²) in [6, 6.07) is 0. The molecule has 0 spiro atoms. The number of aliphatic hydroxyl groups excluding tert-OH is 1. The average molecular weight is 561 g/mol. The molecule has 0 amide bonds. The SMILES string of the molecule is OCCCCCCOC1CCC2CC(C#CC3CCC(OCCCCCCOC4CCCCO4)CC3)CCC2C1. The van der Waals surface area contributed by atoms with Crippen LogP contribution in [0.5, 0.6) is 0 Å². The molecule has 230 valence electrons. The van der Waals surface area contributed by atoms with Crippen molar-refractivity contribution in [1.29, 1.82) is 0 Å². The van der Waals surface area contributed by atoms with E-state index >= 15 is 0 Å². The molecule has 0 radical (unpaired) electrons. The van der Waals surface area contributed by atoms with Crippen molar-refractivity contribution < 1.29 is 24.1 Å². The van der Waals surface area contributed by atoms with Gasteiger partial charge in [-0.1, -0.05) is 37.5 Å². The van der Waals surface area contributed by atoms with Crippen molar-refractivity contribution in [3.63, 3.8) is 0 Å². The highest BCUT2D eigenvalue weighted by Gasteiger charge is 2.35. The number of unbranched alkanes of at least 4 members (excludes halogenated alkanes) is 6. The fourth-order valence-electron chi connectivity index (χ4n) is 7.42. The lowest BCUT2D eigenvalue weighted by Gasteiger charge is -2.41. The Balaban J connectivity index is 0.986. The molecule has 4 aliphatic rings. The highest BCUT2D eigenvalue weighted by Crippen LogP contribution is 2.43. The van der Waals surface area contributed by atoms with Crippen LogP contribution < -0.4 is 0 Å². The normalized spacial score (nSPS) is 32.7. The molecule has 3 saturated carbocycles. The Morgan fingerprint density at radius 1 is 0.550 bits per heavy atom. The van der Waals surface area contributed by atoms with Gasteiger partial charge in [0.05, 0.1) is 12.2 Å². The molecule has 4 rings (SSSR count). The quantitative estimate of drug-likeness (QED) is 0.154. The van der Waals surface area contributed by atoms with Crippen LogP contribution in [0.1, 0.15) is 135 Å². The Kier molecular flexibility index (Phi) is 15.8. The van der Waals surface area contributed by atoms with Crippen LogP contribution in [0, 0.1) is 35.5 Å². The van der Waals surface area contributed by atoms with Crippen molar-refractivity contribution in [3.8, 4) is 11.8 Å². The Morgan fingerprint density at radius 3 is 1.88 bits per heavy atom. The van der Waals surface area contributed by atoms with Gasteiger partial charge in [-0.15, -0.1) is 0 Å². The van der Waals surface area contributed by atoms with Crippen LogP contribution in [-0.2, 0) is 18.9 Å². The fourth-order valence-corrected chi connectivity index (χ4v) is 7.42. The van der Waals surface area contributed by atoms with E-state index in [0.29, 0.717) is 30.7 Å². The lowest BCUT2D eigenvalue weighted by Crippen LogP contribution is -2.34. The highest BCUT2D eigenvalue weighted by atomic mass is 16.7. The number of rotatable bonds is 16. The third-order valence-electron chi connectivity index (χ3n) is 9.97. The molecule has 3 aliphatic carbocycles. The van der Waals surface area contributed by atoms with Gasteiger partial charge in [-0.05, 0) is 121 Å². The first kappa shape index (κ1) is 32.3. The van der Waals surface area contributed by atoms with Gasteiger partial charge < -0.3 is 24.1 Å². The van der Waals surface area contributed by atoms with Crippen molar-refractivity contribution in [2.45, 2.75) is 153 Å². The second-order valence-corrected chi connectivity index (χ2v) is 13.2. The van der Waals surface area contributed by atoms with Crippen molar-refractivity contribution in [1.82, 2.24) is 0 Å². The second kappa shape index (κ2) is 19.5. The van der Waals surface area contributed by atoms with Gasteiger partial charge >= 0.3 is 0 Å². The third kappa shape index (κ3) is 12.3. The number of fused-ring (bicyclic) bond motifs is 1. The summed E-state index contributed by atoms with van der Waals surface area (Å²) in [7, 11) is 0. The summed E-state index contributed by atoms with van der Waals surface area (Å²) in [5.41, 5.74) is 0. The lowest BCUT2D eigenvalue weighted by molar-refractivity contribution is -0.162. The number of aliphatic hydroxyl groups is 1. The molecule has 1 saturated heterocycles. The molecule has 5 unspecified atom stereocenters. The van der Waals surface area contributed by atoms with Crippen molar-refractivity contribution in [3.05, 3.63) is 0 Å². The second-order valence-electron chi connectivity index (χ2n) is 13.2. The first-order valence-corrected chi connectivity index (χ1v) is 17.4. The van der Waals surface area contributed by atoms with Gasteiger partial charge in [-0.3, -0.25) is 0 Å². The first-order chi connectivity index (χ1) is 19.8. The van der Waals surface area contributed by atoms with Gasteiger partial charge in [0.2, 0.25) is 0 Å². The number of ether oxygens (including phenoxy) is 4. The maximum absolute atomic E-state index is 8.90. The third-order valence-corrected chi connectivity index (χ3v) is 9.97. The zero-order chi connectivity index (χ0) is 27.7. The Morgan fingerprint density at radius 2 is 1.15 bits per heavy atom. The van der Waals surface area contributed by atoms with E-state index in [1.165, 1.54) is 103 Å².